The van der Waals surface area contributed by atoms with Crippen LogP contribution in [0.2, 0.25) is 0 Å². The fourth-order valence-corrected chi connectivity index (χ4v) is 8.58. The molecule has 2 heteroatoms. The van der Waals surface area contributed by atoms with E-state index in [1.807, 2.05) is 0 Å². The van der Waals surface area contributed by atoms with Crippen molar-refractivity contribution in [3.05, 3.63) is 194 Å². The molecule has 0 saturated carbocycles. The minimum absolute atomic E-state index is 1.22. The van der Waals surface area contributed by atoms with Gasteiger partial charge in [-0.25, -0.2) is 0 Å². The first-order valence-corrected chi connectivity index (χ1v) is 18.0. The highest BCUT2D eigenvalue weighted by Gasteiger charge is 2.11. The predicted octanol–water partition coefficient (Wildman–Crippen LogP) is 14.5. The van der Waals surface area contributed by atoms with Crippen LogP contribution >= 0.6 is 16.4 Å². The largest absolute Gasteiger partial charge is 0.0622 e. The zero-order valence-corrected chi connectivity index (χ0v) is 28.2. The third-order valence-electron chi connectivity index (χ3n) is 8.70. The van der Waals surface area contributed by atoms with Crippen LogP contribution in [0, 0.1) is 0 Å². The molecule has 0 amide bonds. The number of hydrogen-bond acceptors (Lipinski definition) is 0. The Bertz CT molecular complexity index is 2000. The minimum atomic E-state index is 1.22. The maximum absolute atomic E-state index is 2.35. The van der Waals surface area contributed by atoms with Crippen LogP contribution in [-0.2, 0) is 0 Å². The predicted molar refractivity (Wildman–Crippen MR) is 210 cm³/mol. The molecule has 0 fully saturated rings. The van der Waals surface area contributed by atoms with Crippen LogP contribution < -0.4 is 0 Å². The molecule has 0 aliphatic rings. The van der Waals surface area contributed by atoms with Gasteiger partial charge in [0.2, 0.25) is 0 Å². The Morgan fingerprint density at radius 3 is 0.625 bits per heavy atom. The average molecular weight is 647 g/mol. The summed E-state index contributed by atoms with van der Waals surface area (Å²) in [6.45, 7) is 0. The SMILES string of the molecule is c1ccc(-c2cc(-c3ccc(-c4ccc(-c5cc(-c6ccccc6)pc(-c6ccccc6)c5)cc4)cc3)cc(-c3ccccc3)p2)cc1. The van der Waals surface area contributed by atoms with Crippen LogP contribution in [0.25, 0.3) is 76.8 Å². The van der Waals surface area contributed by atoms with Crippen LogP contribution in [0.5, 0.6) is 0 Å². The van der Waals surface area contributed by atoms with Gasteiger partial charge in [-0.1, -0.05) is 186 Å². The first-order valence-electron chi connectivity index (χ1n) is 16.2. The van der Waals surface area contributed by atoms with Crippen LogP contribution in [-0.4, -0.2) is 0 Å². The van der Waals surface area contributed by atoms with Gasteiger partial charge in [-0.15, -0.1) is 0 Å². The summed E-state index contributed by atoms with van der Waals surface area (Å²) < 4.78 is 0. The van der Waals surface area contributed by atoms with Crippen LogP contribution in [0.4, 0.5) is 0 Å². The van der Waals surface area contributed by atoms with E-state index in [1.165, 1.54) is 93.2 Å². The molecule has 2 aromatic heterocycles. The molecule has 0 aliphatic carbocycles. The number of hydrogen-bond donors (Lipinski definition) is 0. The van der Waals surface area contributed by atoms with E-state index in [9.17, 15) is 0 Å². The van der Waals surface area contributed by atoms with Gasteiger partial charge in [0.05, 0.1) is 0 Å². The summed E-state index contributed by atoms with van der Waals surface area (Å²) in [4.78, 5) is 0. The molecule has 8 aromatic rings. The van der Waals surface area contributed by atoms with E-state index in [0.717, 1.165) is 0 Å². The van der Waals surface area contributed by atoms with Crippen LogP contribution in [0.15, 0.2) is 194 Å². The molecular weight excluding hydrogens is 614 g/mol. The Morgan fingerprint density at radius 1 is 0.188 bits per heavy atom. The lowest BCUT2D eigenvalue weighted by Gasteiger charge is -2.12. The van der Waals surface area contributed by atoms with E-state index < -0.39 is 0 Å². The average Bonchev–Trinajstić information content (AvgIpc) is 3.19. The minimum Gasteiger partial charge on any atom is -0.0622 e. The van der Waals surface area contributed by atoms with Crippen molar-refractivity contribution in [3.8, 4) is 76.8 Å². The van der Waals surface area contributed by atoms with E-state index in [2.05, 4.69) is 194 Å². The van der Waals surface area contributed by atoms with Gasteiger partial charge in [-0.3, -0.25) is 0 Å². The first-order chi connectivity index (χ1) is 23.8. The zero-order chi connectivity index (χ0) is 32.1. The van der Waals surface area contributed by atoms with Crippen molar-refractivity contribution in [1.82, 2.24) is 0 Å². The van der Waals surface area contributed by atoms with Crippen molar-refractivity contribution in [2.24, 2.45) is 0 Å². The molecule has 8 rings (SSSR count). The van der Waals surface area contributed by atoms with Gasteiger partial charge in [0.25, 0.3) is 0 Å². The molecule has 0 saturated heterocycles. The maximum atomic E-state index is 2.35. The lowest BCUT2D eigenvalue weighted by molar-refractivity contribution is 1.58. The standard InChI is InChI=1S/C46H32P2/c1-5-13-37(14-6-1)43-29-41(30-44(47-43)38-15-7-2-8-16-38)35-25-21-33(22-26-35)34-23-27-36(28-24-34)42-31-45(39-17-9-3-10-18-39)48-46(32-42)40-19-11-4-12-20-40/h1-32H. The lowest BCUT2D eigenvalue weighted by atomic mass is 9.97. The van der Waals surface area contributed by atoms with E-state index in [4.69, 9.17) is 0 Å². The van der Waals surface area contributed by atoms with Gasteiger partial charge in [0.1, 0.15) is 0 Å². The monoisotopic (exact) mass is 646 g/mol. The van der Waals surface area contributed by atoms with Gasteiger partial charge in [-0.2, -0.15) is 0 Å². The smallest absolute Gasteiger partial charge is 0.0102 e. The highest BCUT2D eigenvalue weighted by Crippen LogP contribution is 2.42. The fraction of sp³-hybridized carbons (Fsp3) is 0. The molecule has 0 radical (unpaired) electrons. The molecular formula is C46H32P2. The lowest BCUT2D eigenvalue weighted by Crippen LogP contribution is -1.85. The molecule has 48 heavy (non-hydrogen) atoms. The fourth-order valence-electron chi connectivity index (χ4n) is 6.13. The summed E-state index contributed by atoms with van der Waals surface area (Å²) >= 11 is 0. The quantitative estimate of drug-likeness (QED) is 0.162. The maximum Gasteiger partial charge on any atom is 0.0102 e. The number of rotatable bonds is 7. The third-order valence-corrected chi connectivity index (χ3v) is 11.2. The second-order valence-electron chi connectivity index (χ2n) is 11.9. The van der Waals surface area contributed by atoms with Crippen LogP contribution in [0.1, 0.15) is 0 Å². The van der Waals surface area contributed by atoms with Gasteiger partial charge >= 0.3 is 0 Å². The molecule has 0 nitrogen and oxygen atoms in total. The van der Waals surface area contributed by atoms with Gasteiger partial charge < -0.3 is 0 Å². The Balaban J connectivity index is 1.11. The van der Waals surface area contributed by atoms with Crippen molar-refractivity contribution >= 4 is 16.4 Å². The molecule has 0 atom stereocenters. The Kier molecular flexibility index (Phi) is 8.60. The topological polar surface area (TPSA) is 0 Å². The second-order valence-corrected chi connectivity index (χ2v) is 14.2. The van der Waals surface area contributed by atoms with Crippen LogP contribution in [0.3, 0.4) is 0 Å². The van der Waals surface area contributed by atoms with E-state index in [0.29, 0.717) is 0 Å². The summed E-state index contributed by atoms with van der Waals surface area (Å²) in [5, 5.41) is 5.28. The van der Waals surface area contributed by atoms with Crippen molar-refractivity contribution in [2.45, 2.75) is 0 Å². The Labute approximate surface area is 286 Å². The van der Waals surface area contributed by atoms with Gasteiger partial charge in [0, 0.05) is 21.2 Å². The van der Waals surface area contributed by atoms with Crippen molar-refractivity contribution in [1.29, 1.82) is 0 Å². The van der Waals surface area contributed by atoms with Crippen molar-refractivity contribution in [2.75, 3.05) is 0 Å². The van der Waals surface area contributed by atoms with Gasteiger partial charge in [0.15, 0.2) is 0 Å². The zero-order valence-electron chi connectivity index (χ0n) is 26.4. The Hall–Kier alpha value is -5.38. The first kappa shape index (κ1) is 30.0. The summed E-state index contributed by atoms with van der Waals surface area (Å²) in [5.74, 6) is 0. The molecule has 0 bridgehead atoms. The molecule has 0 spiro atoms. The second kappa shape index (κ2) is 13.8. The highest BCUT2D eigenvalue weighted by molar-refractivity contribution is 7.38. The summed E-state index contributed by atoms with van der Waals surface area (Å²) in [6, 6.07) is 70.4. The molecule has 226 valence electrons. The van der Waals surface area contributed by atoms with Crippen molar-refractivity contribution < 1.29 is 0 Å². The van der Waals surface area contributed by atoms with E-state index in [1.54, 1.807) is 0 Å². The molecule has 0 unspecified atom stereocenters. The number of benzene rings is 6. The molecule has 2 heterocycles. The molecule has 0 aliphatic heterocycles. The highest BCUT2D eigenvalue weighted by atomic mass is 31.0. The summed E-state index contributed by atoms with van der Waals surface area (Å²) in [5.41, 5.74) is 12.4. The van der Waals surface area contributed by atoms with Gasteiger partial charge in [-0.05, 0) is 79.9 Å². The van der Waals surface area contributed by atoms with E-state index >= 15 is 0 Å². The molecule has 6 aromatic carbocycles. The van der Waals surface area contributed by atoms with Crippen molar-refractivity contribution in [3.63, 3.8) is 0 Å². The Morgan fingerprint density at radius 2 is 0.396 bits per heavy atom. The normalized spacial score (nSPS) is 10.9. The third kappa shape index (κ3) is 6.56. The summed E-state index contributed by atoms with van der Waals surface area (Å²) in [6.07, 6.45) is 0. The summed E-state index contributed by atoms with van der Waals surface area (Å²) in [7, 11) is 2.45. The van der Waals surface area contributed by atoms with E-state index in [-0.39, 0.29) is 0 Å². The molecule has 0 N–H and O–H groups in total.